The number of aromatic nitrogens is 2. The summed E-state index contributed by atoms with van der Waals surface area (Å²) in [5, 5.41) is 7.75. The number of ether oxygens (including phenoxy) is 1. The van der Waals surface area contributed by atoms with Gasteiger partial charge in [0, 0.05) is 23.7 Å². The SMILES string of the molecule is COC1=C(c2ccc3[nH]c(=O)n(C4CC[N-]CC4)c3c2)C=C(NCC[NH-])CC1. The van der Waals surface area contributed by atoms with Crippen LogP contribution in [-0.2, 0) is 4.74 Å². The maximum Gasteiger partial charge on any atom is 0.326 e. The Hall–Kier alpha value is -2.51. The van der Waals surface area contributed by atoms with Crippen LogP contribution in [0.1, 0.15) is 37.3 Å². The zero-order valence-corrected chi connectivity index (χ0v) is 16.3. The minimum absolute atomic E-state index is 0.0445. The molecule has 1 aliphatic carbocycles. The van der Waals surface area contributed by atoms with Crippen LogP contribution in [0.2, 0.25) is 0 Å². The van der Waals surface area contributed by atoms with Crippen LogP contribution in [0.4, 0.5) is 0 Å². The van der Waals surface area contributed by atoms with Gasteiger partial charge in [-0.3, -0.25) is 4.57 Å². The van der Waals surface area contributed by atoms with E-state index >= 15 is 0 Å². The van der Waals surface area contributed by atoms with E-state index in [0.717, 1.165) is 72.4 Å². The Bertz CT molecular complexity index is 963. The van der Waals surface area contributed by atoms with Crippen molar-refractivity contribution in [2.45, 2.75) is 31.7 Å². The van der Waals surface area contributed by atoms with E-state index in [-0.39, 0.29) is 11.7 Å². The summed E-state index contributed by atoms with van der Waals surface area (Å²) >= 11 is 0. The highest BCUT2D eigenvalue weighted by Crippen LogP contribution is 2.33. The van der Waals surface area contributed by atoms with Crippen LogP contribution in [0.15, 0.2) is 40.5 Å². The number of rotatable bonds is 6. The number of methoxy groups -OCH3 is 1. The number of hydrogen-bond acceptors (Lipinski definition) is 3. The molecule has 7 nitrogen and oxygen atoms in total. The molecular weight excluding hydrogens is 354 g/mol. The zero-order chi connectivity index (χ0) is 19.5. The molecule has 3 N–H and O–H groups in total. The lowest BCUT2D eigenvalue weighted by Gasteiger charge is -2.32. The second-order valence-corrected chi connectivity index (χ2v) is 7.32. The van der Waals surface area contributed by atoms with Gasteiger partial charge in [-0.15, -0.1) is 19.6 Å². The molecule has 28 heavy (non-hydrogen) atoms. The molecule has 0 unspecified atom stereocenters. The summed E-state index contributed by atoms with van der Waals surface area (Å²) in [6.45, 7) is 2.62. The molecule has 2 heterocycles. The van der Waals surface area contributed by atoms with E-state index in [4.69, 9.17) is 10.5 Å². The van der Waals surface area contributed by atoms with Crippen molar-refractivity contribution in [3.05, 3.63) is 62.8 Å². The highest BCUT2D eigenvalue weighted by molar-refractivity contribution is 5.85. The zero-order valence-electron chi connectivity index (χ0n) is 16.3. The van der Waals surface area contributed by atoms with E-state index < -0.39 is 0 Å². The quantitative estimate of drug-likeness (QED) is 0.798. The summed E-state index contributed by atoms with van der Waals surface area (Å²) in [5.74, 6) is 0.955. The van der Waals surface area contributed by atoms with Crippen molar-refractivity contribution < 1.29 is 4.74 Å². The summed E-state index contributed by atoms with van der Waals surface area (Å²) in [6, 6.07) is 6.31. The Morgan fingerprint density at radius 1 is 1.32 bits per heavy atom. The van der Waals surface area contributed by atoms with Gasteiger partial charge >= 0.3 is 5.69 Å². The molecule has 1 aromatic carbocycles. The second-order valence-electron chi connectivity index (χ2n) is 7.32. The van der Waals surface area contributed by atoms with Gasteiger partial charge in [-0.1, -0.05) is 18.9 Å². The van der Waals surface area contributed by atoms with Crippen molar-refractivity contribution in [1.82, 2.24) is 14.9 Å². The van der Waals surface area contributed by atoms with Crippen molar-refractivity contribution in [1.29, 1.82) is 0 Å². The standard InChI is InChI=1S/C21H27N5O2/c1-28-20-5-3-15(24-11-8-22)13-17(20)14-2-4-18-19(12-14)26(21(27)25-18)16-6-9-23-10-7-16/h2,4,12-13,16,22,24H,3,5-11H2,1H3,(H,25,27)/q-2. The summed E-state index contributed by atoms with van der Waals surface area (Å²) < 4.78 is 7.57. The molecule has 0 amide bonds. The molecule has 1 aliphatic heterocycles. The van der Waals surface area contributed by atoms with Gasteiger partial charge in [0.2, 0.25) is 0 Å². The normalized spacial score (nSPS) is 18.4. The molecule has 0 radical (unpaired) electrons. The number of H-pyrrole nitrogens is 1. The van der Waals surface area contributed by atoms with Gasteiger partial charge < -0.3 is 26.1 Å². The van der Waals surface area contributed by atoms with E-state index in [1.165, 1.54) is 0 Å². The van der Waals surface area contributed by atoms with Crippen molar-refractivity contribution in [2.24, 2.45) is 0 Å². The first kappa shape index (κ1) is 18.8. The van der Waals surface area contributed by atoms with Crippen LogP contribution >= 0.6 is 0 Å². The van der Waals surface area contributed by atoms with Crippen LogP contribution in [0, 0.1) is 0 Å². The molecule has 7 heteroatoms. The predicted molar refractivity (Wildman–Crippen MR) is 112 cm³/mol. The number of aromatic amines is 1. The molecule has 1 fully saturated rings. The maximum atomic E-state index is 12.6. The number of imidazole rings is 1. The number of allylic oxidation sites excluding steroid dienone is 4. The molecule has 2 aliphatic rings. The number of piperidine rings is 1. The van der Waals surface area contributed by atoms with Crippen LogP contribution in [0.5, 0.6) is 0 Å². The molecular formula is C21H27N5O2-2. The Morgan fingerprint density at radius 2 is 2.14 bits per heavy atom. The molecule has 0 atom stereocenters. The Labute approximate surface area is 164 Å². The number of benzene rings is 1. The molecule has 1 saturated heterocycles. The van der Waals surface area contributed by atoms with E-state index in [2.05, 4.69) is 27.8 Å². The van der Waals surface area contributed by atoms with Crippen molar-refractivity contribution in [3.63, 3.8) is 0 Å². The average Bonchev–Trinajstić information content (AvgIpc) is 3.07. The summed E-state index contributed by atoms with van der Waals surface area (Å²) in [5.41, 5.74) is 12.3. The molecule has 4 rings (SSSR count). The fraction of sp³-hybridized carbons (Fsp3) is 0.476. The molecule has 0 spiro atoms. The van der Waals surface area contributed by atoms with Crippen molar-refractivity contribution >= 4 is 16.6 Å². The summed E-state index contributed by atoms with van der Waals surface area (Å²) in [4.78, 5) is 15.6. The van der Waals surface area contributed by atoms with Gasteiger partial charge in [0.25, 0.3) is 0 Å². The first-order chi connectivity index (χ1) is 13.7. The third-order valence-electron chi connectivity index (χ3n) is 5.60. The third kappa shape index (κ3) is 3.59. The fourth-order valence-electron chi connectivity index (χ4n) is 4.18. The fourth-order valence-corrected chi connectivity index (χ4v) is 4.18. The summed E-state index contributed by atoms with van der Waals surface area (Å²) in [6.07, 6.45) is 5.64. The topological polar surface area (TPSA) is 97.0 Å². The summed E-state index contributed by atoms with van der Waals surface area (Å²) in [7, 11) is 1.71. The second kappa shape index (κ2) is 8.24. The molecule has 1 aromatic heterocycles. The smallest absolute Gasteiger partial charge is 0.326 e. The monoisotopic (exact) mass is 381 g/mol. The lowest BCUT2D eigenvalue weighted by atomic mass is 9.95. The van der Waals surface area contributed by atoms with E-state index in [9.17, 15) is 4.79 Å². The number of nitrogens with one attached hydrogen (secondary N) is 3. The first-order valence-corrected chi connectivity index (χ1v) is 9.95. The lowest BCUT2D eigenvalue weighted by molar-refractivity contribution is 0.277. The van der Waals surface area contributed by atoms with E-state index in [0.29, 0.717) is 13.1 Å². The average molecular weight is 381 g/mol. The third-order valence-corrected chi connectivity index (χ3v) is 5.60. The van der Waals surface area contributed by atoms with Gasteiger partial charge in [-0.2, -0.15) is 0 Å². The minimum atomic E-state index is -0.0445. The van der Waals surface area contributed by atoms with E-state index in [1.807, 2.05) is 16.7 Å². The van der Waals surface area contributed by atoms with Crippen molar-refractivity contribution in [2.75, 3.05) is 33.3 Å². The van der Waals surface area contributed by atoms with Gasteiger partial charge in [0.15, 0.2) is 0 Å². The lowest BCUT2D eigenvalue weighted by Crippen LogP contribution is -2.26. The largest absolute Gasteiger partial charge is 0.676 e. The number of fused-ring (bicyclic) bond motifs is 1. The maximum absolute atomic E-state index is 12.6. The predicted octanol–water partition coefficient (Wildman–Crippen LogP) is 3.72. The molecule has 0 saturated carbocycles. The molecule has 150 valence electrons. The molecule has 2 aromatic rings. The Balaban J connectivity index is 1.76. The van der Waals surface area contributed by atoms with Crippen molar-refractivity contribution in [3.8, 4) is 0 Å². The van der Waals surface area contributed by atoms with Gasteiger partial charge in [0.05, 0.1) is 18.1 Å². The van der Waals surface area contributed by atoms with Gasteiger partial charge in [0.1, 0.15) is 5.76 Å². The van der Waals surface area contributed by atoms with Crippen LogP contribution in [0.3, 0.4) is 0 Å². The van der Waals surface area contributed by atoms with Crippen LogP contribution in [-0.4, -0.2) is 42.8 Å². The highest BCUT2D eigenvalue weighted by atomic mass is 16.5. The minimum Gasteiger partial charge on any atom is -0.676 e. The number of nitrogens with zero attached hydrogens (tertiary/aromatic N) is 2. The molecule has 0 bridgehead atoms. The van der Waals surface area contributed by atoms with Gasteiger partial charge in [-0.05, 0) is 36.7 Å². The van der Waals surface area contributed by atoms with Gasteiger partial charge in [-0.25, -0.2) is 4.79 Å². The van der Waals surface area contributed by atoms with Crippen LogP contribution < -0.4 is 11.0 Å². The van der Waals surface area contributed by atoms with Crippen LogP contribution in [0.25, 0.3) is 27.7 Å². The highest BCUT2D eigenvalue weighted by Gasteiger charge is 2.20. The number of hydrogen-bond donors (Lipinski definition) is 2. The Kier molecular flexibility index (Phi) is 5.54. The first-order valence-electron chi connectivity index (χ1n) is 9.95. The Morgan fingerprint density at radius 3 is 2.89 bits per heavy atom. The van der Waals surface area contributed by atoms with E-state index in [1.54, 1.807) is 7.11 Å².